The van der Waals surface area contributed by atoms with Gasteiger partial charge in [0.05, 0.1) is 0 Å². The number of hydrogen-bond donors (Lipinski definition) is 3. The molecule has 0 saturated carbocycles. The third kappa shape index (κ3) is 4.87. The minimum absolute atomic E-state index is 0.0820. The highest BCUT2D eigenvalue weighted by Gasteiger charge is 2.11. The number of nitrogens with one attached hydrogen (secondary N) is 2. The molecule has 106 valence electrons. The van der Waals surface area contributed by atoms with E-state index in [1.807, 2.05) is 19.9 Å². The summed E-state index contributed by atoms with van der Waals surface area (Å²) >= 11 is 0. The maximum absolute atomic E-state index is 12.1. The largest absolute Gasteiger partial charge is 0.352 e. The summed E-state index contributed by atoms with van der Waals surface area (Å²) in [6.45, 7) is 9.01. The van der Waals surface area contributed by atoms with Gasteiger partial charge in [0.25, 0.3) is 5.91 Å². The first-order valence-electron chi connectivity index (χ1n) is 6.70. The fourth-order valence-electron chi connectivity index (χ4n) is 1.63. The number of pyridine rings is 1. The van der Waals surface area contributed by atoms with Crippen LogP contribution in [0.5, 0.6) is 0 Å². The molecule has 1 aromatic rings. The number of carbonyl (C=O) groups is 1. The number of rotatable bonds is 6. The van der Waals surface area contributed by atoms with Crippen molar-refractivity contribution in [3.8, 4) is 0 Å². The molecule has 1 rings (SSSR count). The van der Waals surface area contributed by atoms with Crippen LogP contribution in [0.15, 0.2) is 12.1 Å². The number of hydrogen-bond acceptors (Lipinski definition) is 4. The zero-order valence-electron chi connectivity index (χ0n) is 12.2. The molecule has 5 heteroatoms. The molecule has 0 fully saturated rings. The van der Waals surface area contributed by atoms with Gasteiger partial charge in [-0.05, 0) is 30.4 Å². The lowest BCUT2D eigenvalue weighted by Gasteiger charge is -2.11. The third-order valence-electron chi connectivity index (χ3n) is 2.85. The second-order valence-corrected chi connectivity index (χ2v) is 5.40. The van der Waals surface area contributed by atoms with Crippen LogP contribution in [0.3, 0.4) is 0 Å². The zero-order valence-corrected chi connectivity index (χ0v) is 12.2. The fourth-order valence-corrected chi connectivity index (χ4v) is 1.63. The van der Waals surface area contributed by atoms with Gasteiger partial charge in [-0.1, -0.05) is 27.7 Å². The van der Waals surface area contributed by atoms with E-state index in [9.17, 15) is 4.79 Å². The average Bonchev–Trinajstić information content (AvgIpc) is 2.37. The van der Waals surface area contributed by atoms with E-state index in [-0.39, 0.29) is 11.8 Å². The van der Waals surface area contributed by atoms with Crippen molar-refractivity contribution < 1.29 is 4.79 Å². The minimum atomic E-state index is -0.0820. The summed E-state index contributed by atoms with van der Waals surface area (Å²) < 4.78 is 0. The number of nitrogens with zero attached hydrogens (tertiary/aromatic N) is 1. The van der Waals surface area contributed by atoms with Crippen molar-refractivity contribution in [3.63, 3.8) is 0 Å². The highest BCUT2D eigenvalue weighted by molar-refractivity contribution is 5.95. The Labute approximate surface area is 115 Å². The van der Waals surface area contributed by atoms with E-state index < -0.39 is 0 Å². The number of nitrogen functional groups attached to an aromatic ring is 1. The molecule has 0 aliphatic carbocycles. The topological polar surface area (TPSA) is 80.0 Å². The lowest BCUT2D eigenvalue weighted by molar-refractivity contribution is 0.0952. The van der Waals surface area contributed by atoms with Crippen LogP contribution in [0.4, 0.5) is 5.82 Å². The van der Waals surface area contributed by atoms with Crippen LogP contribution in [-0.2, 0) is 0 Å². The lowest BCUT2D eigenvalue weighted by Crippen LogP contribution is -2.26. The molecule has 0 spiro atoms. The molecule has 0 aromatic carbocycles. The summed E-state index contributed by atoms with van der Waals surface area (Å²) in [5, 5.41) is 2.91. The molecule has 19 heavy (non-hydrogen) atoms. The van der Waals surface area contributed by atoms with Gasteiger partial charge in [0.2, 0.25) is 0 Å². The molecular weight excluding hydrogens is 240 g/mol. The predicted molar refractivity (Wildman–Crippen MR) is 77.9 cm³/mol. The number of amides is 1. The summed E-state index contributed by atoms with van der Waals surface area (Å²) in [7, 11) is 0. The van der Waals surface area contributed by atoms with Crippen LogP contribution in [0, 0.1) is 5.92 Å². The number of hydrazine groups is 1. The molecule has 1 heterocycles. The van der Waals surface area contributed by atoms with Gasteiger partial charge in [0.1, 0.15) is 5.82 Å². The van der Waals surface area contributed by atoms with E-state index in [0.717, 1.165) is 12.1 Å². The molecule has 0 bridgehead atoms. The van der Waals surface area contributed by atoms with Gasteiger partial charge in [-0.2, -0.15) is 0 Å². The van der Waals surface area contributed by atoms with Gasteiger partial charge in [0.15, 0.2) is 0 Å². The Hall–Kier alpha value is -1.62. The van der Waals surface area contributed by atoms with Crippen molar-refractivity contribution in [1.29, 1.82) is 0 Å². The van der Waals surface area contributed by atoms with Crippen molar-refractivity contribution in [2.45, 2.75) is 40.0 Å². The molecule has 0 radical (unpaired) electrons. The quantitative estimate of drug-likeness (QED) is 0.544. The SMILES string of the molecule is CC(C)CCNC(=O)c1cc(NN)nc(C(C)C)c1. The smallest absolute Gasteiger partial charge is 0.251 e. The first kappa shape index (κ1) is 15.4. The van der Waals surface area contributed by atoms with Gasteiger partial charge in [-0.3, -0.25) is 4.79 Å². The summed E-state index contributed by atoms with van der Waals surface area (Å²) in [6, 6.07) is 3.48. The number of carbonyl (C=O) groups excluding carboxylic acids is 1. The summed E-state index contributed by atoms with van der Waals surface area (Å²) in [5.74, 6) is 6.64. The Morgan fingerprint density at radius 2 is 2.00 bits per heavy atom. The Balaban J connectivity index is 2.80. The molecule has 5 nitrogen and oxygen atoms in total. The lowest BCUT2D eigenvalue weighted by atomic mass is 10.1. The van der Waals surface area contributed by atoms with Gasteiger partial charge in [-0.25, -0.2) is 10.8 Å². The average molecular weight is 264 g/mol. The van der Waals surface area contributed by atoms with Crippen LogP contribution in [0.1, 0.15) is 56.1 Å². The molecule has 0 atom stereocenters. The molecule has 4 N–H and O–H groups in total. The van der Waals surface area contributed by atoms with Crippen molar-refractivity contribution in [1.82, 2.24) is 10.3 Å². The Kier molecular flexibility index (Phi) is 5.76. The first-order valence-corrected chi connectivity index (χ1v) is 6.70. The molecule has 0 unspecified atom stereocenters. The maximum Gasteiger partial charge on any atom is 0.251 e. The molecule has 1 amide bonds. The van der Waals surface area contributed by atoms with Crippen molar-refractivity contribution >= 4 is 11.7 Å². The van der Waals surface area contributed by atoms with Crippen LogP contribution in [0.25, 0.3) is 0 Å². The Morgan fingerprint density at radius 3 is 2.53 bits per heavy atom. The van der Waals surface area contributed by atoms with Crippen molar-refractivity contribution in [2.75, 3.05) is 12.0 Å². The van der Waals surface area contributed by atoms with Crippen LogP contribution in [-0.4, -0.2) is 17.4 Å². The van der Waals surface area contributed by atoms with E-state index >= 15 is 0 Å². The van der Waals surface area contributed by atoms with E-state index in [4.69, 9.17) is 5.84 Å². The van der Waals surface area contributed by atoms with E-state index in [0.29, 0.717) is 23.8 Å². The van der Waals surface area contributed by atoms with Crippen LogP contribution >= 0.6 is 0 Å². The van der Waals surface area contributed by atoms with Crippen molar-refractivity contribution in [3.05, 3.63) is 23.4 Å². The second-order valence-electron chi connectivity index (χ2n) is 5.40. The summed E-state index contributed by atoms with van der Waals surface area (Å²) in [4.78, 5) is 16.4. The first-order chi connectivity index (χ1) is 8.93. The predicted octanol–water partition coefficient (Wildman–Crippen LogP) is 2.27. The molecule has 0 aliphatic rings. The van der Waals surface area contributed by atoms with Crippen LogP contribution < -0.4 is 16.6 Å². The standard InChI is InChI=1S/C14H24N4O/c1-9(2)5-6-16-14(19)11-7-12(10(3)4)17-13(8-11)18-15/h7-10H,5-6,15H2,1-4H3,(H,16,19)(H,17,18). The normalized spacial score (nSPS) is 10.9. The van der Waals surface area contributed by atoms with Crippen molar-refractivity contribution in [2.24, 2.45) is 11.8 Å². The maximum atomic E-state index is 12.1. The Morgan fingerprint density at radius 1 is 1.32 bits per heavy atom. The number of aromatic nitrogens is 1. The van der Waals surface area contributed by atoms with E-state index in [1.165, 1.54) is 0 Å². The van der Waals surface area contributed by atoms with Crippen LogP contribution in [0.2, 0.25) is 0 Å². The third-order valence-corrected chi connectivity index (χ3v) is 2.85. The Bertz CT molecular complexity index is 429. The molecular formula is C14H24N4O. The molecule has 0 aliphatic heterocycles. The number of nitrogens with two attached hydrogens (primary N) is 1. The second kappa shape index (κ2) is 7.09. The van der Waals surface area contributed by atoms with Gasteiger partial charge >= 0.3 is 0 Å². The summed E-state index contributed by atoms with van der Waals surface area (Å²) in [5.41, 5.74) is 3.95. The zero-order chi connectivity index (χ0) is 14.4. The summed E-state index contributed by atoms with van der Waals surface area (Å²) in [6.07, 6.45) is 0.968. The van der Waals surface area contributed by atoms with Gasteiger partial charge in [-0.15, -0.1) is 0 Å². The monoisotopic (exact) mass is 264 g/mol. The molecule has 1 aromatic heterocycles. The highest BCUT2D eigenvalue weighted by atomic mass is 16.1. The molecule has 0 saturated heterocycles. The van der Waals surface area contributed by atoms with E-state index in [1.54, 1.807) is 6.07 Å². The van der Waals surface area contributed by atoms with E-state index in [2.05, 4.69) is 29.6 Å². The number of anilines is 1. The highest BCUT2D eigenvalue weighted by Crippen LogP contribution is 2.17. The fraction of sp³-hybridized carbons (Fsp3) is 0.571. The van der Waals surface area contributed by atoms with Gasteiger partial charge < -0.3 is 10.7 Å². The van der Waals surface area contributed by atoms with Gasteiger partial charge in [0, 0.05) is 17.8 Å². The minimum Gasteiger partial charge on any atom is -0.352 e.